The van der Waals surface area contributed by atoms with E-state index in [0.29, 0.717) is 17.7 Å². The van der Waals surface area contributed by atoms with Gasteiger partial charge in [0.2, 0.25) is 5.91 Å². The molecule has 21 heavy (non-hydrogen) atoms. The Balaban J connectivity index is 2.25. The number of rotatable bonds is 4. The summed E-state index contributed by atoms with van der Waals surface area (Å²) in [5.41, 5.74) is 0.415. The van der Waals surface area contributed by atoms with Crippen molar-refractivity contribution in [3.8, 4) is 0 Å². The fourth-order valence-electron chi connectivity index (χ4n) is 2.65. The van der Waals surface area contributed by atoms with Crippen LogP contribution >= 0.6 is 11.6 Å². The molecule has 6 nitrogen and oxygen atoms in total. The van der Waals surface area contributed by atoms with E-state index in [1.165, 1.54) is 12.1 Å². The van der Waals surface area contributed by atoms with Crippen molar-refractivity contribution in [2.45, 2.75) is 38.6 Å². The van der Waals surface area contributed by atoms with E-state index in [1.807, 2.05) is 6.92 Å². The molecular formula is C14H18ClN3O3. The first-order valence-corrected chi connectivity index (χ1v) is 7.28. The largest absolute Gasteiger partial charge is 0.324 e. The van der Waals surface area contributed by atoms with E-state index in [4.69, 9.17) is 11.6 Å². The summed E-state index contributed by atoms with van der Waals surface area (Å²) in [6, 6.07) is 2.81. The van der Waals surface area contributed by atoms with Gasteiger partial charge in [0.15, 0.2) is 0 Å². The first-order chi connectivity index (χ1) is 9.89. The summed E-state index contributed by atoms with van der Waals surface area (Å²) in [6.07, 6.45) is 2.44. The van der Waals surface area contributed by atoms with E-state index >= 15 is 0 Å². The maximum Gasteiger partial charge on any atom is 0.288 e. The average Bonchev–Trinajstić information content (AvgIpc) is 2.92. The number of aryl methyl sites for hydroxylation is 1. The Bertz CT molecular complexity index is 583. The van der Waals surface area contributed by atoms with E-state index < -0.39 is 10.5 Å². The van der Waals surface area contributed by atoms with Gasteiger partial charge in [0.05, 0.1) is 10.5 Å². The summed E-state index contributed by atoms with van der Waals surface area (Å²) in [7, 11) is 0. The lowest BCUT2D eigenvalue weighted by Gasteiger charge is -2.27. The van der Waals surface area contributed by atoms with Crippen LogP contribution in [0, 0.1) is 17.0 Å². The third kappa shape index (κ3) is 3.01. The van der Waals surface area contributed by atoms with Crippen LogP contribution in [0.25, 0.3) is 0 Å². The molecule has 114 valence electrons. The van der Waals surface area contributed by atoms with Gasteiger partial charge in [0.25, 0.3) is 5.69 Å². The fourth-order valence-corrected chi connectivity index (χ4v) is 2.88. The predicted octanol–water partition coefficient (Wildman–Crippen LogP) is 3.03. The number of nitrogens with zero attached hydrogens (tertiary/aromatic N) is 1. The standard InChI is InChI=1S/C14H18ClN3O3/c1-3-14(5-4-6-16-14)13(19)17-11-8-10(15)12(18(20)21)7-9(11)2/h7-8,16H,3-6H2,1-2H3,(H,17,19). The van der Waals surface area contributed by atoms with Gasteiger partial charge in [-0.2, -0.15) is 0 Å². The van der Waals surface area contributed by atoms with Crippen LogP contribution in [-0.4, -0.2) is 22.9 Å². The van der Waals surface area contributed by atoms with Gasteiger partial charge in [0.1, 0.15) is 5.02 Å². The third-order valence-corrected chi connectivity index (χ3v) is 4.32. The van der Waals surface area contributed by atoms with Crippen LogP contribution in [0.15, 0.2) is 12.1 Å². The zero-order valence-electron chi connectivity index (χ0n) is 12.0. The summed E-state index contributed by atoms with van der Waals surface area (Å²) < 4.78 is 0. The summed E-state index contributed by atoms with van der Waals surface area (Å²) in [5.74, 6) is -0.115. The first kappa shape index (κ1) is 15.7. The second kappa shape index (κ2) is 5.99. The molecule has 1 aliphatic rings. The van der Waals surface area contributed by atoms with Crippen molar-refractivity contribution in [2.75, 3.05) is 11.9 Å². The number of nitro groups is 1. The minimum atomic E-state index is -0.555. The number of hydrogen-bond acceptors (Lipinski definition) is 4. The minimum Gasteiger partial charge on any atom is -0.324 e. The highest BCUT2D eigenvalue weighted by Crippen LogP contribution is 2.32. The second-order valence-electron chi connectivity index (χ2n) is 5.30. The van der Waals surface area contributed by atoms with Crippen molar-refractivity contribution in [1.82, 2.24) is 5.32 Å². The van der Waals surface area contributed by atoms with Crippen molar-refractivity contribution >= 4 is 28.9 Å². The van der Waals surface area contributed by atoms with Gasteiger partial charge in [-0.15, -0.1) is 0 Å². The normalized spacial score (nSPS) is 21.3. The highest BCUT2D eigenvalue weighted by Gasteiger charge is 2.39. The molecule has 0 spiro atoms. The zero-order valence-corrected chi connectivity index (χ0v) is 12.8. The third-order valence-electron chi connectivity index (χ3n) is 4.02. The lowest BCUT2D eigenvalue weighted by atomic mass is 9.93. The molecule has 0 aromatic heterocycles. The van der Waals surface area contributed by atoms with Crippen LogP contribution in [-0.2, 0) is 4.79 Å². The van der Waals surface area contributed by atoms with Crippen molar-refractivity contribution in [2.24, 2.45) is 0 Å². The van der Waals surface area contributed by atoms with Crippen molar-refractivity contribution < 1.29 is 9.72 Å². The predicted molar refractivity (Wildman–Crippen MR) is 81.7 cm³/mol. The SMILES string of the molecule is CCC1(C(=O)Nc2cc(Cl)c([N+](=O)[O-])cc2C)CCCN1. The van der Waals surface area contributed by atoms with Crippen LogP contribution < -0.4 is 10.6 Å². The summed E-state index contributed by atoms with van der Waals surface area (Å²) in [6.45, 7) is 4.49. The number of amides is 1. The van der Waals surface area contributed by atoms with Crippen LogP contribution in [0.4, 0.5) is 11.4 Å². The monoisotopic (exact) mass is 311 g/mol. The quantitative estimate of drug-likeness (QED) is 0.661. The maximum absolute atomic E-state index is 12.5. The Kier molecular flexibility index (Phi) is 4.49. The number of nitro benzene ring substituents is 1. The highest BCUT2D eigenvalue weighted by atomic mass is 35.5. The Labute approximate surface area is 128 Å². The number of nitrogens with one attached hydrogen (secondary N) is 2. The zero-order chi connectivity index (χ0) is 15.6. The Morgan fingerprint density at radius 1 is 1.57 bits per heavy atom. The van der Waals surface area contributed by atoms with Gasteiger partial charge in [-0.3, -0.25) is 14.9 Å². The molecule has 1 aromatic carbocycles. The molecule has 1 aromatic rings. The summed E-state index contributed by atoms with van der Waals surface area (Å²) in [4.78, 5) is 22.8. The fraction of sp³-hybridized carbons (Fsp3) is 0.500. The van der Waals surface area contributed by atoms with Crippen LogP contribution in [0.2, 0.25) is 5.02 Å². The molecule has 7 heteroatoms. The van der Waals surface area contributed by atoms with Crippen LogP contribution in [0.1, 0.15) is 31.7 Å². The number of carbonyl (C=O) groups excluding carboxylic acids is 1. The van der Waals surface area contributed by atoms with Gasteiger partial charge in [-0.05, 0) is 44.4 Å². The molecule has 0 aliphatic carbocycles. The van der Waals surface area contributed by atoms with E-state index in [0.717, 1.165) is 19.4 Å². The van der Waals surface area contributed by atoms with Crippen LogP contribution in [0.3, 0.4) is 0 Å². The highest BCUT2D eigenvalue weighted by molar-refractivity contribution is 6.33. The van der Waals surface area contributed by atoms with Gasteiger partial charge in [-0.25, -0.2) is 0 Å². The molecule has 1 fully saturated rings. The first-order valence-electron chi connectivity index (χ1n) is 6.90. The van der Waals surface area contributed by atoms with Gasteiger partial charge >= 0.3 is 0 Å². The van der Waals surface area contributed by atoms with Gasteiger partial charge in [0, 0.05) is 11.8 Å². The maximum atomic E-state index is 12.5. The average molecular weight is 312 g/mol. The number of anilines is 1. The smallest absolute Gasteiger partial charge is 0.288 e. The van der Waals surface area contributed by atoms with E-state index in [2.05, 4.69) is 10.6 Å². The van der Waals surface area contributed by atoms with Gasteiger partial charge in [-0.1, -0.05) is 18.5 Å². The van der Waals surface area contributed by atoms with E-state index in [-0.39, 0.29) is 16.6 Å². The van der Waals surface area contributed by atoms with Crippen molar-refractivity contribution in [3.05, 3.63) is 32.8 Å². The Hall–Kier alpha value is -1.66. The number of hydrogen-bond donors (Lipinski definition) is 2. The molecule has 2 rings (SSSR count). The minimum absolute atomic E-state index is 0.0193. The molecule has 0 bridgehead atoms. The van der Waals surface area contributed by atoms with E-state index in [1.54, 1.807) is 6.92 Å². The molecule has 1 amide bonds. The molecule has 1 saturated heterocycles. The number of carbonyl (C=O) groups is 1. The van der Waals surface area contributed by atoms with Crippen molar-refractivity contribution in [1.29, 1.82) is 0 Å². The Morgan fingerprint density at radius 2 is 2.29 bits per heavy atom. The molecule has 0 radical (unpaired) electrons. The molecule has 1 unspecified atom stereocenters. The summed E-state index contributed by atoms with van der Waals surface area (Å²) >= 11 is 5.90. The topological polar surface area (TPSA) is 84.3 Å². The molecule has 1 aliphatic heterocycles. The lowest BCUT2D eigenvalue weighted by molar-refractivity contribution is -0.384. The molecular weight excluding hydrogens is 294 g/mol. The number of benzene rings is 1. The second-order valence-corrected chi connectivity index (χ2v) is 5.70. The molecule has 1 atom stereocenters. The number of halogens is 1. The molecule has 2 N–H and O–H groups in total. The van der Waals surface area contributed by atoms with Gasteiger partial charge < -0.3 is 10.6 Å². The van der Waals surface area contributed by atoms with Crippen molar-refractivity contribution in [3.63, 3.8) is 0 Å². The summed E-state index contributed by atoms with van der Waals surface area (Å²) in [5, 5.41) is 16.9. The Morgan fingerprint density at radius 3 is 2.81 bits per heavy atom. The van der Waals surface area contributed by atoms with E-state index in [9.17, 15) is 14.9 Å². The van der Waals surface area contributed by atoms with Crippen LogP contribution in [0.5, 0.6) is 0 Å². The molecule has 1 heterocycles. The lowest BCUT2D eigenvalue weighted by Crippen LogP contribution is -2.50. The molecule has 0 saturated carbocycles.